The number of fused-ring (bicyclic) bond motifs is 2. The molecule has 0 spiro atoms. The van der Waals surface area contributed by atoms with Crippen molar-refractivity contribution in [3.05, 3.63) is 65.2 Å². The van der Waals surface area contributed by atoms with Crippen LogP contribution < -0.4 is 0 Å². The Kier molecular flexibility index (Phi) is 8.49. The Labute approximate surface area is 235 Å². The van der Waals surface area contributed by atoms with Gasteiger partial charge in [0.05, 0.1) is 17.3 Å². The molecule has 3 aromatic rings. The Balaban J connectivity index is 1.16. The van der Waals surface area contributed by atoms with E-state index in [0.29, 0.717) is 36.5 Å². The first kappa shape index (κ1) is 28.6. The lowest BCUT2D eigenvalue weighted by atomic mass is 9.96. The molecule has 1 saturated heterocycles. The van der Waals surface area contributed by atoms with Crippen molar-refractivity contribution in [2.45, 2.75) is 57.1 Å². The second kappa shape index (κ2) is 11.9. The summed E-state index contributed by atoms with van der Waals surface area (Å²) in [6.07, 6.45) is 4.23. The molecule has 0 atom stereocenters. The zero-order valence-corrected chi connectivity index (χ0v) is 24.3. The number of carbonyl (C=O) groups excluding carboxylic acids is 1. The van der Waals surface area contributed by atoms with E-state index in [2.05, 4.69) is 4.90 Å². The van der Waals surface area contributed by atoms with Crippen LogP contribution in [0.4, 0.5) is 9.18 Å². The predicted octanol–water partition coefficient (Wildman–Crippen LogP) is 5.05. The number of furan rings is 1. The minimum atomic E-state index is -3.67. The molecular formula is C30H38FN3O5S. The molecule has 216 valence electrons. The molecule has 2 aliphatic rings. The number of likely N-dealkylation sites (tertiary alicyclic amines) is 1. The Morgan fingerprint density at radius 3 is 2.70 bits per heavy atom. The number of nitrogens with zero attached hydrogens (tertiary/aromatic N) is 3. The Morgan fingerprint density at radius 2 is 1.95 bits per heavy atom. The minimum absolute atomic E-state index is 0.205. The standard InChI is InChI=1S/C30H38FN3O5S/c1-21(2)39-30(35)34-16-12-26-23(19-34)5-4-6-29(26)40(36,37)32(3)18-22-9-13-33(14-10-22)15-11-24-20-38-28-8-7-25(31)17-27(24)28/h4-8,17,20-22H,9-16,18-19H2,1-3H3. The minimum Gasteiger partial charge on any atom is -0.464 e. The highest BCUT2D eigenvalue weighted by Crippen LogP contribution is 2.30. The maximum absolute atomic E-state index is 13.7. The average molecular weight is 572 g/mol. The van der Waals surface area contributed by atoms with Crippen molar-refractivity contribution in [1.82, 2.24) is 14.1 Å². The number of sulfonamides is 1. The Bertz CT molecular complexity index is 1460. The summed E-state index contributed by atoms with van der Waals surface area (Å²) in [5.74, 6) is 0.0140. The van der Waals surface area contributed by atoms with Gasteiger partial charge >= 0.3 is 6.09 Å². The number of piperidine rings is 1. The van der Waals surface area contributed by atoms with Gasteiger partial charge in [-0.2, -0.15) is 0 Å². The fourth-order valence-corrected chi connectivity index (χ4v) is 7.33. The highest BCUT2D eigenvalue weighted by Gasteiger charge is 2.31. The van der Waals surface area contributed by atoms with E-state index in [1.807, 2.05) is 19.9 Å². The van der Waals surface area contributed by atoms with Crippen LogP contribution in [0.1, 0.15) is 43.4 Å². The number of amides is 1. The first-order valence-corrected chi connectivity index (χ1v) is 15.5. The number of hydrogen-bond donors (Lipinski definition) is 0. The van der Waals surface area contributed by atoms with E-state index in [0.717, 1.165) is 61.0 Å². The van der Waals surface area contributed by atoms with Crippen molar-refractivity contribution >= 4 is 27.1 Å². The van der Waals surface area contributed by atoms with Crippen LogP contribution in [0.25, 0.3) is 11.0 Å². The van der Waals surface area contributed by atoms with Crippen LogP contribution in [0.15, 0.2) is 52.0 Å². The third-order valence-corrected chi connectivity index (χ3v) is 9.95. The number of carbonyl (C=O) groups is 1. The molecule has 0 radical (unpaired) electrons. The van der Waals surface area contributed by atoms with Crippen LogP contribution >= 0.6 is 0 Å². The smallest absolute Gasteiger partial charge is 0.410 e. The molecule has 0 unspecified atom stereocenters. The Morgan fingerprint density at radius 1 is 1.18 bits per heavy atom. The van der Waals surface area contributed by atoms with E-state index in [1.54, 1.807) is 36.4 Å². The van der Waals surface area contributed by atoms with Gasteiger partial charge in [0.1, 0.15) is 11.4 Å². The lowest BCUT2D eigenvalue weighted by Gasteiger charge is -2.34. The van der Waals surface area contributed by atoms with Gasteiger partial charge in [-0.15, -0.1) is 0 Å². The van der Waals surface area contributed by atoms with Gasteiger partial charge in [-0.05, 0) is 99.5 Å². The van der Waals surface area contributed by atoms with Crippen molar-refractivity contribution in [2.24, 2.45) is 5.92 Å². The zero-order valence-electron chi connectivity index (χ0n) is 23.4. The molecule has 2 aromatic carbocycles. The summed E-state index contributed by atoms with van der Waals surface area (Å²) < 4.78 is 53.3. The van der Waals surface area contributed by atoms with E-state index in [-0.39, 0.29) is 23.9 Å². The maximum atomic E-state index is 13.7. The second-order valence-corrected chi connectivity index (χ2v) is 13.2. The molecule has 2 aliphatic heterocycles. The van der Waals surface area contributed by atoms with Crippen LogP contribution in [-0.4, -0.2) is 74.5 Å². The van der Waals surface area contributed by atoms with Crippen LogP contribution in [-0.2, 0) is 34.1 Å². The van der Waals surface area contributed by atoms with Gasteiger partial charge in [-0.1, -0.05) is 12.1 Å². The van der Waals surface area contributed by atoms with Crippen molar-refractivity contribution in [3.8, 4) is 0 Å². The monoisotopic (exact) mass is 571 g/mol. The number of rotatable bonds is 8. The second-order valence-electron chi connectivity index (χ2n) is 11.2. The van der Waals surface area contributed by atoms with Crippen molar-refractivity contribution in [2.75, 3.05) is 39.8 Å². The molecule has 0 N–H and O–H groups in total. The number of ether oxygens (including phenoxy) is 1. The molecule has 5 rings (SSSR count). The first-order valence-electron chi connectivity index (χ1n) is 14.0. The van der Waals surface area contributed by atoms with E-state index < -0.39 is 10.0 Å². The quantitative estimate of drug-likeness (QED) is 0.376. The summed E-state index contributed by atoms with van der Waals surface area (Å²) in [6.45, 7) is 7.51. The SMILES string of the molecule is CC(C)OC(=O)N1CCc2c(cccc2S(=O)(=O)N(C)CC2CCN(CCc3coc4ccc(F)cc34)CC2)C1. The van der Waals surface area contributed by atoms with Crippen LogP contribution in [0.2, 0.25) is 0 Å². The molecule has 1 fully saturated rings. The molecule has 10 heteroatoms. The summed E-state index contributed by atoms with van der Waals surface area (Å²) in [4.78, 5) is 16.7. The summed E-state index contributed by atoms with van der Waals surface area (Å²) in [5.41, 5.74) is 3.35. The Hall–Kier alpha value is -2.95. The van der Waals surface area contributed by atoms with E-state index >= 15 is 0 Å². The van der Waals surface area contributed by atoms with E-state index in [1.165, 1.54) is 16.4 Å². The van der Waals surface area contributed by atoms with Crippen molar-refractivity contribution < 1.29 is 26.8 Å². The van der Waals surface area contributed by atoms with E-state index in [9.17, 15) is 17.6 Å². The van der Waals surface area contributed by atoms with Gasteiger partial charge in [-0.3, -0.25) is 0 Å². The molecule has 8 nitrogen and oxygen atoms in total. The van der Waals surface area contributed by atoms with Crippen molar-refractivity contribution in [1.29, 1.82) is 0 Å². The zero-order chi connectivity index (χ0) is 28.4. The maximum Gasteiger partial charge on any atom is 0.410 e. The summed E-state index contributed by atoms with van der Waals surface area (Å²) in [5, 5.41) is 0.827. The number of halogens is 1. The molecule has 1 aromatic heterocycles. The number of hydrogen-bond acceptors (Lipinski definition) is 6. The van der Waals surface area contributed by atoms with Gasteiger partial charge in [0.15, 0.2) is 0 Å². The van der Waals surface area contributed by atoms with Crippen LogP contribution in [0.5, 0.6) is 0 Å². The lowest BCUT2D eigenvalue weighted by molar-refractivity contribution is 0.0728. The largest absolute Gasteiger partial charge is 0.464 e. The topological polar surface area (TPSA) is 83.3 Å². The summed E-state index contributed by atoms with van der Waals surface area (Å²) in [6, 6.07) is 9.92. The molecule has 0 aliphatic carbocycles. The molecule has 0 saturated carbocycles. The van der Waals surface area contributed by atoms with Gasteiger partial charge in [0, 0.05) is 38.6 Å². The molecule has 40 heavy (non-hydrogen) atoms. The fraction of sp³-hybridized carbons (Fsp3) is 0.500. The molecule has 3 heterocycles. The molecule has 0 bridgehead atoms. The fourth-order valence-electron chi connectivity index (χ4n) is 5.80. The highest BCUT2D eigenvalue weighted by atomic mass is 32.2. The van der Waals surface area contributed by atoms with Gasteiger partial charge in [0.25, 0.3) is 0 Å². The third kappa shape index (κ3) is 6.19. The van der Waals surface area contributed by atoms with Gasteiger partial charge in [-0.25, -0.2) is 21.9 Å². The van der Waals surface area contributed by atoms with Crippen molar-refractivity contribution in [3.63, 3.8) is 0 Å². The van der Waals surface area contributed by atoms with Crippen LogP contribution in [0, 0.1) is 11.7 Å². The summed E-state index contributed by atoms with van der Waals surface area (Å²) in [7, 11) is -2.00. The molecular weight excluding hydrogens is 533 g/mol. The predicted molar refractivity (Wildman–Crippen MR) is 151 cm³/mol. The first-order chi connectivity index (χ1) is 19.1. The number of benzene rings is 2. The highest BCUT2D eigenvalue weighted by molar-refractivity contribution is 7.89. The van der Waals surface area contributed by atoms with Gasteiger partial charge in [0.2, 0.25) is 10.0 Å². The molecule has 1 amide bonds. The van der Waals surface area contributed by atoms with Gasteiger partial charge < -0.3 is 19.0 Å². The summed E-state index contributed by atoms with van der Waals surface area (Å²) >= 11 is 0. The average Bonchev–Trinajstić information content (AvgIpc) is 3.33. The van der Waals surface area contributed by atoms with Crippen LogP contribution in [0.3, 0.4) is 0 Å². The normalized spacial score (nSPS) is 17.1. The third-order valence-electron chi connectivity index (χ3n) is 8.04. The van der Waals surface area contributed by atoms with E-state index in [4.69, 9.17) is 9.15 Å². The lowest BCUT2D eigenvalue weighted by Crippen LogP contribution is -2.41.